The zero-order valence-corrected chi connectivity index (χ0v) is 19.9. The van der Waals surface area contributed by atoms with E-state index in [0.717, 1.165) is 16.3 Å². The van der Waals surface area contributed by atoms with E-state index in [1.54, 1.807) is 18.2 Å². The molecule has 2 N–H and O–H groups in total. The molecular weight excluding hydrogens is 420 g/mol. The van der Waals surface area contributed by atoms with Crippen LogP contribution in [0.1, 0.15) is 44.7 Å². The van der Waals surface area contributed by atoms with E-state index in [0.29, 0.717) is 18.9 Å². The molecule has 0 spiro atoms. The van der Waals surface area contributed by atoms with Gasteiger partial charge in [-0.15, -0.1) is 0 Å². The highest BCUT2D eigenvalue weighted by atomic mass is 32.2. The third kappa shape index (κ3) is 5.96. The Hall–Kier alpha value is -2.70. The average Bonchev–Trinajstić information content (AvgIpc) is 2.77. The molecular formula is C26H32N2O3S. The molecule has 0 aromatic heterocycles. The van der Waals surface area contributed by atoms with Crippen LogP contribution in [-0.4, -0.2) is 26.9 Å². The first kappa shape index (κ1) is 24.0. The van der Waals surface area contributed by atoms with Crippen LogP contribution in [-0.2, 0) is 21.2 Å². The normalized spacial score (nSPS) is 12.9. The van der Waals surface area contributed by atoms with Crippen LogP contribution < -0.4 is 10.0 Å². The highest BCUT2D eigenvalue weighted by Gasteiger charge is 2.28. The number of carbonyl (C=O) groups excluding carboxylic acids is 1. The summed E-state index contributed by atoms with van der Waals surface area (Å²) in [7, 11) is -3.84. The van der Waals surface area contributed by atoms with Gasteiger partial charge in [-0.05, 0) is 52.3 Å². The van der Waals surface area contributed by atoms with E-state index >= 15 is 0 Å². The van der Waals surface area contributed by atoms with Gasteiger partial charge in [0.25, 0.3) is 0 Å². The van der Waals surface area contributed by atoms with Crippen LogP contribution in [0.15, 0.2) is 71.6 Å². The Kier molecular flexibility index (Phi) is 7.69. The summed E-state index contributed by atoms with van der Waals surface area (Å²) in [6, 6.07) is 20.1. The maximum Gasteiger partial charge on any atom is 0.241 e. The zero-order valence-electron chi connectivity index (χ0n) is 19.1. The molecule has 170 valence electrons. The van der Waals surface area contributed by atoms with Crippen molar-refractivity contribution in [1.82, 2.24) is 10.0 Å². The number of hydrogen-bond acceptors (Lipinski definition) is 3. The molecule has 32 heavy (non-hydrogen) atoms. The summed E-state index contributed by atoms with van der Waals surface area (Å²) in [5.41, 5.74) is 2.41. The standard InChI is InChI=1S/C26H32N2O3S/c1-18(2)21-11-9-20(10-12-21)15-16-27-26(29)25(19(3)4)28-32(30,31)24-14-13-22-7-5-6-8-23(22)17-24/h5-14,17-19,25,28H,15-16H2,1-4H3,(H,27,29). The molecule has 0 bridgehead atoms. The Balaban J connectivity index is 1.65. The molecule has 3 rings (SSSR count). The largest absolute Gasteiger partial charge is 0.354 e. The van der Waals surface area contributed by atoms with Crippen LogP contribution in [0.5, 0.6) is 0 Å². The SMILES string of the molecule is CC(C)c1ccc(CCNC(=O)C(NS(=O)(=O)c2ccc3ccccc3c2)C(C)C)cc1. The number of amides is 1. The Morgan fingerprint density at radius 2 is 1.53 bits per heavy atom. The van der Waals surface area contributed by atoms with Gasteiger partial charge in [0, 0.05) is 6.54 Å². The molecule has 5 nitrogen and oxygen atoms in total. The van der Waals surface area contributed by atoms with Crippen molar-refractivity contribution in [1.29, 1.82) is 0 Å². The quantitative estimate of drug-likeness (QED) is 0.497. The third-order valence-electron chi connectivity index (χ3n) is 5.62. The minimum Gasteiger partial charge on any atom is -0.354 e. The Morgan fingerprint density at radius 3 is 2.16 bits per heavy atom. The first-order valence-electron chi connectivity index (χ1n) is 11.0. The second kappa shape index (κ2) is 10.3. The molecule has 0 aliphatic rings. The lowest BCUT2D eigenvalue weighted by molar-refractivity contribution is -0.123. The van der Waals surface area contributed by atoms with Gasteiger partial charge in [0.2, 0.25) is 15.9 Å². The lowest BCUT2D eigenvalue weighted by atomic mass is 10.0. The van der Waals surface area contributed by atoms with Gasteiger partial charge in [-0.2, -0.15) is 4.72 Å². The van der Waals surface area contributed by atoms with Crippen molar-refractivity contribution >= 4 is 26.7 Å². The average molecular weight is 453 g/mol. The molecule has 1 unspecified atom stereocenters. The van der Waals surface area contributed by atoms with Crippen molar-refractivity contribution in [3.05, 3.63) is 77.9 Å². The minimum atomic E-state index is -3.84. The molecule has 0 fully saturated rings. The highest BCUT2D eigenvalue weighted by Crippen LogP contribution is 2.20. The second-order valence-corrected chi connectivity index (χ2v) is 10.5. The van der Waals surface area contributed by atoms with Gasteiger partial charge < -0.3 is 5.32 Å². The number of nitrogens with one attached hydrogen (secondary N) is 2. The van der Waals surface area contributed by atoms with Gasteiger partial charge in [0.1, 0.15) is 6.04 Å². The van der Waals surface area contributed by atoms with Crippen LogP contribution in [0.2, 0.25) is 0 Å². The summed E-state index contributed by atoms with van der Waals surface area (Å²) in [6.07, 6.45) is 0.687. The maximum absolute atomic E-state index is 13.0. The second-order valence-electron chi connectivity index (χ2n) is 8.79. The van der Waals surface area contributed by atoms with Crippen LogP contribution in [0, 0.1) is 5.92 Å². The minimum absolute atomic E-state index is 0.153. The molecule has 3 aromatic carbocycles. The van der Waals surface area contributed by atoms with Gasteiger partial charge >= 0.3 is 0 Å². The summed E-state index contributed by atoms with van der Waals surface area (Å²) in [5, 5.41) is 4.69. The van der Waals surface area contributed by atoms with E-state index in [1.807, 2.05) is 38.1 Å². The summed E-state index contributed by atoms with van der Waals surface area (Å²) >= 11 is 0. The van der Waals surface area contributed by atoms with Gasteiger partial charge in [-0.3, -0.25) is 4.79 Å². The fourth-order valence-corrected chi connectivity index (χ4v) is 4.95. The molecule has 6 heteroatoms. The molecule has 0 saturated carbocycles. The Morgan fingerprint density at radius 1 is 0.875 bits per heavy atom. The van der Waals surface area contributed by atoms with Crippen molar-refractivity contribution in [2.24, 2.45) is 5.92 Å². The molecule has 1 amide bonds. The number of hydrogen-bond donors (Lipinski definition) is 2. The Bertz CT molecular complexity index is 1170. The van der Waals surface area contributed by atoms with Gasteiger partial charge in [0.05, 0.1) is 4.90 Å². The predicted octanol–water partition coefficient (Wildman–Crippen LogP) is 4.63. The van der Waals surface area contributed by atoms with Crippen LogP contribution in [0.25, 0.3) is 10.8 Å². The van der Waals surface area contributed by atoms with Crippen LogP contribution in [0.4, 0.5) is 0 Å². The van der Waals surface area contributed by atoms with E-state index in [2.05, 4.69) is 48.2 Å². The van der Waals surface area contributed by atoms with E-state index in [4.69, 9.17) is 0 Å². The number of benzene rings is 3. The molecule has 0 heterocycles. The maximum atomic E-state index is 13.0. The summed E-state index contributed by atoms with van der Waals surface area (Å²) in [6.45, 7) is 8.41. The first-order chi connectivity index (χ1) is 15.2. The van der Waals surface area contributed by atoms with Crippen molar-refractivity contribution in [3.63, 3.8) is 0 Å². The van der Waals surface area contributed by atoms with Crippen molar-refractivity contribution < 1.29 is 13.2 Å². The predicted molar refractivity (Wildman–Crippen MR) is 130 cm³/mol. The molecule has 0 aliphatic carbocycles. The van der Waals surface area contributed by atoms with Crippen LogP contribution in [0.3, 0.4) is 0 Å². The topological polar surface area (TPSA) is 75.3 Å². The number of fused-ring (bicyclic) bond motifs is 1. The molecule has 0 aliphatic heterocycles. The first-order valence-corrected chi connectivity index (χ1v) is 12.5. The van der Waals surface area contributed by atoms with E-state index in [9.17, 15) is 13.2 Å². The third-order valence-corrected chi connectivity index (χ3v) is 7.06. The Labute approximate surface area is 191 Å². The summed E-state index contributed by atoms with van der Waals surface area (Å²) in [5.74, 6) is -0.0371. The van der Waals surface area contributed by atoms with Gasteiger partial charge in [0.15, 0.2) is 0 Å². The van der Waals surface area contributed by atoms with E-state index in [1.165, 1.54) is 5.56 Å². The monoisotopic (exact) mass is 452 g/mol. The van der Waals surface area contributed by atoms with E-state index < -0.39 is 16.1 Å². The van der Waals surface area contributed by atoms with Crippen molar-refractivity contribution in [3.8, 4) is 0 Å². The van der Waals surface area contributed by atoms with Gasteiger partial charge in [-0.1, -0.05) is 82.3 Å². The smallest absolute Gasteiger partial charge is 0.241 e. The highest BCUT2D eigenvalue weighted by molar-refractivity contribution is 7.89. The van der Waals surface area contributed by atoms with E-state index in [-0.39, 0.29) is 16.7 Å². The fraction of sp³-hybridized carbons (Fsp3) is 0.346. The summed E-state index contributed by atoms with van der Waals surface area (Å²) < 4.78 is 28.6. The lowest BCUT2D eigenvalue weighted by Crippen LogP contribution is -2.49. The van der Waals surface area contributed by atoms with Crippen molar-refractivity contribution in [2.45, 2.75) is 51.0 Å². The summed E-state index contributed by atoms with van der Waals surface area (Å²) in [4.78, 5) is 13.0. The van der Waals surface area contributed by atoms with Crippen molar-refractivity contribution in [2.75, 3.05) is 6.54 Å². The molecule has 0 radical (unpaired) electrons. The number of rotatable bonds is 9. The fourth-order valence-electron chi connectivity index (χ4n) is 3.57. The number of carbonyl (C=O) groups is 1. The number of sulfonamides is 1. The lowest BCUT2D eigenvalue weighted by Gasteiger charge is -2.22. The van der Waals surface area contributed by atoms with Crippen LogP contribution >= 0.6 is 0 Å². The molecule has 1 atom stereocenters. The van der Waals surface area contributed by atoms with Gasteiger partial charge in [-0.25, -0.2) is 8.42 Å². The molecule has 3 aromatic rings. The zero-order chi connectivity index (χ0) is 23.3. The molecule has 0 saturated heterocycles.